The van der Waals surface area contributed by atoms with Crippen molar-refractivity contribution in [1.29, 1.82) is 0 Å². The Labute approximate surface area is 181 Å². The lowest BCUT2D eigenvalue weighted by Crippen LogP contribution is -2.48. The number of nitrogens with zero attached hydrogens (tertiary/aromatic N) is 3. The average molecular weight is 489 g/mol. The summed E-state index contributed by atoms with van der Waals surface area (Å²) in [6.45, 7) is 6.27. The van der Waals surface area contributed by atoms with Crippen molar-refractivity contribution in [3.8, 4) is 0 Å². The Morgan fingerprint density at radius 2 is 1.96 bits per heavy atom. The largest absolute Gasteiger partial charge is 0.468 e. The summed E-state index contributed by atoms with van der Waals surface area (Å²) < 4.78 is 5.73. The number of nitrogens with one attached hydrogen (secondary N) is 2. The summed E-state index contributed by atoms with van der Waals surface area (Å²) >= 11 is 0. The highest BCUT2D eigenvalue weighted by molar-refractivity contribution is 14.0. The molecule has 2 N–H and O–H groups in total. The minimum absolute atomic E-state index is 0. The fourth-order valence-corrected chi connectivity index (χ4v) is 3.76. The summed E-state index contributed by atoms with van der Waals surface area (Å²) in [6, 6.07) is 5.61. The molecule has 27 heavy (non-hydrogen) atoms. The molecule has 0 radical (unpaired) electrons. The van der Waals surface area contributed by atoms with Crippen LogP contribution in [0.2, 0.25) is 0 Å². The molecule has 1 saturated carbocycles. The molecule has 1 aromatic heterocycles. The number of likely N-dealkylation sites (N-methyl/N-ethyl adjacent to an activating group) is 1. The Balaban J connectivity index is 0.00000261. The van der Waals surface area contributed by atoms with E-state index in [9.17, 15) is 0 Å². The van der Waals surface area contributed by atoms with E-state index in [0.717, 1.165) is 43.9 Å². The van der Waals surface area contributed by atoms with Gasteiger partial charge >= 0.3 is 0 Å². The number of piperidine rings is 1. The second-order valence-electron chi connectivity index (χ2n) is 7.71. The highest BCUT2D eigenvalue weighted by atomic mass is 127. The second-order valence-corrected chi connectivity index (χ2v) is 7.71. The molecule has 2 fully saturated rings. The van der Waals surface area contributed by atoms with Gasteiger partial charge in [0.05, 0.1) is 12.3 Å². The van der Waals surface area contributed by atoms with E-state index >= 15 is 0 Å². The predicted octanol–water partition coefficient (Wildman–Crippen LogP) is 3.07. The van der Waals surface area contributed by atoms with E-state index in [4.69, 9.17) is 4.42 Å². The summed E-state index contributed by atoms with van der Waals surface area (Å²) in [7, 11) is 4.07. The van der Waals surface area contributed by atoms with Crippen molar-refractivity contribution in [3.05, 3.63) is 24.2 Å². The monoisotopic (exact) mass is 489 g/mol. The zero-order valence-electron chi connectivity index (χ0n) is 17.0. The lowest BCUT2D eigenvalue weighted by atomic mass is 10.1. The lowest BCUT2D eigenvalue weighted by Gasteiger charge is -2.34. The Morgan fingerprint density at radius 1 is 1.26 bits per heavy atom. The Bertz CT molecular complexity index is 555. The zero-order chi connectivity index (χ0) is 18.4. The SMILES string of the molecule is CN=C(NCC(c1ccco1)N1CCCCC1)NCC(C)N(C)C1CC1.I. The van der Waals surface area contributed by atoms with Gasteiger partial charge in [-0.05, 0) is 64.9 Å². The van der Waals surface area contributed by atoms with Gasteiger partial charge in [-0.3, -0.25) is 14.8 Å². The fourth-order valence-electron chi connectivity index (χ4n) is 3.76. The number of hydrogen-bond acceptors (Lipinski definition) is 4. The van der Waals surface area contributed by atoms with E-state index < -0.39 is 0 Å². The summed E-state index contributed by atoms with van der Waals surface area (Å²) in [5.74, 6) is 1.91. The van der Waals surface area contributed by atoms with Gasteiger partial charge in [-0.25, -0.2) is 0 Å². The van der Waals surface area contributed by atoms with Gasteiger partial charge in [-0.2, -0.15) is 0 Å². The van der Waals surface area contributed by atoms with Crippen molar-refractivity contribution in [2.24, 2.45) is 4.99 Å². The molecule has 1 aromatic rings. The highest BCUT2D eigenvalue weighted by Gasteiger charge is 2.29. The van der Waals surface area contributed by atoms with E-state index in [1.54, 1.807) is 6.26 Å². The molecule has 2 aliphatic rings. The third kappa shape index (κ3) is 6.64. The number of furan rings is 1. The molecule has 0 spiro atoms. The van der Waals surface area contributed by atoms with Gasteiger partial charge in [0.1, 0.15) is 5.76 Å². The van der Waals surface area contributed by atoms with Crippen LogP contribution < -0.4 is 10.6 Å². The van der Waals surface area contributed by atoms with Gasteiger partial charge in [-0.1, -0.05) is 6.42 Å². The molecule has 0 amide bonds. The smallest absolute Gasteiger partial charge is 0.191 e. The molecule has 0 aromatic carbocycles. The second kappa shape index (κ2) is 11.3. The van der Waals surface area contributed by atoms with Gasteiger partial charge in [0.15, 0.2) is 5.96 Å². The first kappa shape index (κ1) is 22.5. The van der Waals surface area contributed by atoms with Crippen molar-refractivity contribution in [1.82, 2.24) is 20.4 Å². The summed E-state index contributed by atoms with van der Waals surface area (Å²) in [5, 5.41) is 7.00. The van der Waals surface area contributed by atoms with Crippen molar-refractivity contribution < 1.29 is 4.42 Å². The Morgan fingerprint density at radius 3 is 2.56 bits per heavy atom. The Kier molecular flexibility index (Phi) is 9.38. The standard InChI is InChI=1S/C20H35N5O.HI/c1-16(24(3)17-9-10-17)14-22-20(21-2)23-15-18(19-8-7-13-26-19)25-11-5-4-6-12-25;/h7-8,13,16-18H,4-6,9-12,14-15H2,1-3H3,(H2,21,22,23);1H. The summed E-state index contributed by atoms with van der Waals surface area (Å²) in [6.07, 6.45) is 8.34. The molecule has 1 aliphatic heterocycles. The highest BCUT2D eigenvalue weighted by Crippen LogP contribution is 2.27. The molecule has 7 heteroatoms. The fraction of sp³-hybridized carbons (Fsp3) is 0.750. The maximum atomic E-state index is 5.73. The number of guanidine groups is 1. The van der Waals surface area contributed by atoms with Crippen molar-refractivity contribution in [3.63, 3.8) is 0 Å². The van der Waals surface area contributed by atoms with Gasteiger partial charge in [0.25, 0.3) is 0 Å². The zero-order valence-corrected chi connectivity index (χ0v) is 19.3. The Hall–Kier alpha value is -0.800. The molecule has 154 valence electrons. The van der Waals surface area contributed by atoms with E-state index in [2.05, 4.69) is 45.5 Å². The van der Waals surface area contributed by atoms with Gasteiger partial charge in [0.2, 0.25) is 0 Å². The number of aliphatic imine (C=N–C) groups is 1. The van der Waals surface area contributed by atoms with Gasteiger partial charge < -0.3 is 15.1 Å². The summed E-state index contributed by atoms with van der Waals surface area (Å²) in [5.41, 5.74) is 0. The van der Waals surface area contributed by atoms with E-state index in [1.807, 2.05) is 13.1 Å². The van der Waals surface area contributed by atoms with Crippen LogP contribution in [0.1, 0.15) is 50.8 Å². The molecule has 2 atom stereocenters. The number of halogens is 1. The normalized spacial score (nSPS) is 20.8. The van der Waals surface area contributed by atoms with Crippen LogP contribution in [0.25, 0.3) is 0 Å². The molecule has 6 nitrogen and oxygen atoms in total. The van der Waals surface area contributed by atoms with Crippen LogP contribution in [-0.4, -0.2) is 68.1 Å². The maximum Gasteiger partial charge on any atom is 0.191 e. The molecular weight excluding hydrogens is 453 g/mol. The minimum Gasteiger partial charge on any atom is -0.468 e. The van der Waals surface area contributed by atoms with Gasteiger partial charge in [-0.15, -0.1) is 24.0 Å². The topological polar surface area (TPSA) is 56.0 Å². The number of rotatable bonds is 8. The first-order valence-corrected chi connectivity index (χ1v) is 10.1. The molecule has 2 heterocycles. The van der Waals surface area contributed by atoms with Crippen molar-refractivity contribution >= 4 is 29.9 Å². The van der Waals surface area contributed by atoms with Crippen LogP contribution in [0.4, 0.5) is 0 Å². The van der Waals surface area contributed by atoms with Crippen LogP contribution in [0.3, 0.4) is 0 Å². The minimum atomic E-state index is 0. The van der Waals surface area contributed by atoms with Crippen LogP contribution in [0, 0.1) is 0 Å². The molecule has 3 rings (SSSR count). The van der Waals surface area contributed by atoms with Crippen LogP contribution >= 0.6 is 24.0 Å². The number of hydrogen-bond donors (Lipinski definition) is 2. The lowest BCUT2D eigenvalue weighted by molar-refractivity contribution is 0.146. The summed E-state index contributed by atoms with van der Waals surface area (Å²) in [4.78, 5) is 9.41. The molecule has 2 unspecified atom stereocenters. The van der Waals surface area contributed by atoms with Gasteiger partial charge in [0, 0.05) is 32.2 Å². The molecule has 1 aliphatic carbocycles. The molecular formula is C20H36IN5O. The maximum absolute atomic E-state index is 5.73. The van der Waals surface area contributed by atoms with Crippen LogP contribution in [0.5, 0.6) is 0 Å². The number of likely N-dealkylation sites (tertiary alicyclic amines) is 1. The van der Waals surface area contributed by atoms with E-state index in [0.29, 0.717) is 6.04 Å². The van der Waals surface area contributed by atoms with E-state index in [1.165, 1.54) is 32.1 Å². The van der Waals surface area contributed by atoms with Crippen molar-refractivity contribution in [2.75, 3.05) is 40.3 Å². The first-order chi connectivity index (χ1) is 12.7. The third-order valence-corrected chi connectivity index (χ3v) is 5.77. The van der Waals surface area contributed by atoms with Crippen LogP contribution in [0.15, 0.2) is 27.8 Å². The van der Waals surface area contributed by atoms with Crippen molar-refractivity contribution in [2.45, 2.75) is 57.2 Å². The van der Waals surface area contributed by atoms with E-state index in [-0.39, 0.29) is 30.0 Å². The molecule has 0 bridgehead atoms. The first-order valence-electron chi connectivity index (χ1n) is 10.1. The van der Waals surface area contributed by atoms with Crippen LogP contribution in [-0.2, 0) is 0 Å². The third-order valence-electron chi connectivity index (χ3n) is 5.77. The predicted molar refractivity (Wildman–Crippen MR) is 122 cm³/mol. The molecule has 1 saturated heterocycles. The quantitative estimate of drug-likeness (QED) is 0.334. The average Bonchev–Trinajstić information content (AvgIpc) is 3.39.